The zero-order chi connectivity index (χ0) is 20.4. The molecule has 2 aromatic rings. The van der Waals surface area contributed by atoms with Crippen molar-refractivity contribution >= 4 is 23.2 Å². The van der Waals surface area contributed by atoms with Gasteiger partial charge in [-0.25, -0.2) is 0 Å². The Kier molecular flexibility index (Phi) is 5.42. The predicted molar refractivity (Wildman–Crippen MR) is 99.9 cm³/mol. The van der Waals surface area contributed by atoms with Gasteiger partial charge in [0.15, 0.2) is 0 Å². The smallest absolute Gasteiger partial charge is 0.324 e. The Morgan fingerprint density at radius 2 is 1.54 bits per heavy atom. The first-order valence-corrected chi connectivity index (χ1v) is 8.86. The van der Waals surface area contributed by atoms with Crippen molar-refractivity contribution in [1.29, 1.82) is 0 Å². The lowest BCUT2D eigenvalue weighted by Gasteiger charge is -2.22. The molecule has 0 unspecified atom stereocenters. The van der Waals surface area contributed by atoms with Gasteiger partial charge in [-0.1, -0.05) is 25.0 Å². The summed E-state index contributed by atoms with van der Waals surface area (Å²) in [4.78, 5) is 24.8. The van der Waals surface area contributed by atoms with Crippen LogP contribution in [0.4, 0.5) is 24.5 Å². The molecule has 4 N–H and O–H groups in total. The second-order valence-corrected chi connectivity index (χ2v) is 6.93. The van der Waals surface area contributed by atoms with Crippen molar-refractivity contribution in [3.63, 3.8) is 0 Å². The lowest BCUT2D eigenvalue weighted by atomic mass is 9.98. The van der Waals surface area contributed by atoms with Gasteiger partial charge >= 0.3 is 6.18 Å². The van der Waals surface area contributed by atoms with Gasteiger partial charge in [-0.3, -0.25) is 9.59 Å². The van der Waals surface area contributed by atoms with Crippen molar-refractivity contribution in [2.24, 2.45) is 5.73 Å². The molecule has 0 bridgehead atoms. The first-order valence-electron chi connectivity index (χ1n) is 8.86. The van der Waals surface area contributed by atoms with Gasteiger partial charge < -0.3 is 16.4 Å². The molecule has 3 rings (SSSR count). The number of rotatable bonds is 4. The summed E-state index contributed by atoms with van der Waals surface area (Å²) in [5, 5.41) is 5.16. The highest BCUT2D eigenvalue weighted by atomic mass is 19.4. The molecule has 2 amide bonds. The van der Waals surface area contributed by atoms with Crippen LogP contribution in [0.1, 0.15) is 41.6 Å². The highest BCUT2D eigenvalue weighted by molar-refractivity contribution is 6.06. The Bertz CT molecular complexity index is 890. The fraction of sp³-hybridized carbons (Fsp3) is 0.300. The third kappa shape index (κ3) is 4.51. The molecule has 5 nitrogen and oxygen atoms in total. The Morgan fingerprint density at radius 1 is 0.929 bits per heavy atom. The normalized spacial score (nSPS) is 15.9. The number of halogens is 3. The number of hydrogen-bond donors (Lipinski definition) is 3. The van der Waals surface area contributed by atoms with Crippen LogP contribution >= 0.6 is 0 Å². The monoisotopic (exact) mass is 391 g/mol. The van der Waals surface area contributed by atoms with Crippen molar-refractivity contribution in [3.05, 3.63) is 59.7 Å². The van der Waals surface area contributed by atoms with E-state index in [2.05, 4.69) is 10.6 Å². The topological polar surface area (TPSA) is 84.2 Å². The van der Waals surface area contributed by atoms with Gasteiger partial charge in [0.2, 0.25) is 5.91 Å². The highest BCUT2D eigenvalue weighted by Crippen LogP contribution is 2.31. The van der Waals surface area contributed by atoms with Gasteiger partial charge in [0.1, 0.15) is 0 Å². The molecule has 0 radical (unpaired) electrons. The van der Waals surface area contributed by atoms with Crippen molar-refractivity contribution in [1.82, 2.24) is 0 Å². The highest BCUT2D eigenvalue weighted by Gasteiger charge is 2.37. The fourth-order valence-corrected chi connectivity index (χ4v) is 3.20. The average Bonchev–Trinajstić information content (AvgIpc) is 3.09. The molecule has 1 aliphatic carbocycles. The second kappa shape index (κ2) is 7.63. The van der Waals surface area contributed by atoms with E-state index in [9.17, 15) is 22.8 Å². The summed E-state index contributed by atoms with van der Waals surface area (Å²) in [6.07, 6.45) is -1.50. The molecule has 2 aromatic carbocycles. The Labute approximate surface area is 160 Å². The predicted octanol–water partition coefficient (Wildman–Crippen LogP) is 4.17. The molecule has 28 heavy (non-hydrogen) atoms. The van der Waals surface area contributed by atoms with Crippen molar-refractivity contribution in [2.45, 2.75) is 37.4 Å². The van der Waals surface area contributed by atoms with Gasteiger partial charge in [0.25, 0.3) is 5.91 Å². The summed E-state index contributed by atoms with van der Waals surface area (Å²) in [5.74, 6) is -0.890. The van der Waals surface area contributed by atoms with E-state index in [0.29, 0.717) is 18.5 Å². The van der Waals surface area contributed by atoms with Crippen molar-refractivity contribution < 1.29 is 22.8 Å². The first kappa shape index (κ1) is 19.9. The Hall–Kier alpha value is -2.87. The van der Waals surface area contributed by atoms with E-state index < -0.39 is 23.2 Å². The second-order valence-electron chi connectivity index (χ2n) is 6.93. The van der Waals surface area contributed by atoms with Gasteiger partial charge in [0.05, 0.1) is 11.1 Å². The summed E-state index contributed by atoms with van der Waals surface area (Å²) in [6.45, 7) is 0. The SMILES string of the molecule is NC1(C(=O)Nc2cccc(C(=O)Nc3cccc(C(F)(F)F)c3)c2)CCCC1. The van der Waals surface area contributed by atoms with Crippen LogP contribution in [-0.4, -0.2) is 17.4 Å². The summed E-state index contributed by atoms with van der Waals surface area (Å²) in [5.41, 5.74) is 4.99. The van der Waals surface area contributed by atoms with Gasteiger partial charge in [-0.05, 0) is 49.2 Å². The summed E-state index contributed by atoms with van der Waals surface area (Å²) >= 11 is 0. The molecule has 0 aliphatic heterocycles. The van der Waals surface area contributed by atoms with Crippen LogP contribution in [0.5, 0.6) is 0 Å². The van der Waals surface area contributed by atoms with Crippen LogP contribution in [0.3, 0.4) is 0 Å². The zero-order valence-corrected chi connectivity index (χ0v) is 15.0. The molecule has 0 saturated heterocycles. The third-order valence-electron chi connectivity index (χ3n) is 4.78. The van der Waals surface area contributed by atoms with E-state index in [1.807, 2.05) is 0 Å². The molecule has 0 atom stereocenters. The molecular formula is C20H20F3N3O2. The summed E-state index contributed by atoms with van der Waals surface area (Å²) in [7, 11) is 0. The largest absolute Gasteiger partial charge is 0.416 e. The number of alkyl halides is 3. The first-order chi connectivity index (χ1) is 13.2. The number of nitrogens with two attached hydrogens (primary N) is 1. The van der Waals surface area contributed by atoms with Crippen LogP contribution in [0.25, 0.3) is 0 Å². The number of nitrogens with one attached hydrogen (secondary N) is 2. The van der Waals surface area contributed by atoms with E-state index in [-0.39, 0.29) is 17.2 Å². The lowest BCUT2D eigenvalue weighted by molar-refractivity contribution is -0.137. The summed E-state index contributed by atoms with van der Waals surface area (Å²) in [6, 6.07) is 10.5. The van der Waals surface area contributed by atoms with Crippen molar-refractivity contribution in [3.8, 4) is 0 Å². The molecule has 1 aliphatic rings. The van der Waals surface area contributed by atoms with Crippen LogP contribution < -0.4 is 16.4 Å². The summed E-state index contributed by atoms with van der Waals surface area (Å²) < 4.78 is 38.4. The van der Waals surface area contributed by atoms with Crippen LogP contribution in [0, 0.1) is 0 Å². The Morgan fingerprint density at radius 3 is 2.18 bits per heavy atom. The van der Waals surface area contributed by atoms with E-state index in [1.165, 1.54) is 24.3 Å². The quantitative estimate of drug-likeness (QED) is 0.731. The van der Waals surface area contributed by atoms with Crippen LogP contribution in [-0.2, 0) is 11.0 Å². The number of carbonyl (C=O) groups excluding carboxylic acids is 2. The number of amides is 2. The molecule has 0 heterocycles. The number of carbonyl (C=O) groups is 2. The molecule has 8 heteroatoms. The van der Waals surface area contributed by atoms with Gasteiger partial charge in [-0.2, -0.15) is 13.2 Å². The maximum absolute atomic E-state index is 12.8. The fourth-order valence-electron chi connectivity index (χ4n) is 3.20. The lowest BCUT2D eigenvalue weighted by Crippen LogP contribution is -2.48. The van der Waals surface area contributed by atoms with Crippen LogP contribution in [0.15, 0.2) is 48.5 Å². The van der Waals surface area contributed by atoms with Crippen molar-refractivity contribution in [2.75, 3.05) is 10.6 Å². The molecular weight excluding hydrogens is 371 g/mol. The third-order valence-corrected chi connectivity index (χ3v) is 4.78. The molecule has 0 spiro atoms. The zero-order valence-electron chi connectivity index (χ0n) is 15.0. The molecule has 0 aromatic heterocycles. The minimum Gasteiger partial charge on any atom is -0.324 e. The van der Waals surface area contributed by atoms with E-state index in [4.69, 9.17) is 5.73 Å². The van der Waals surface area contributed by atoms with Gasteiger partial charge in [-0.15, -0.1) is 0 Å². The maximum Gasteiger partial charge on any atom is 0.416 e. The average molecular weight is 391 g/mol. The van der Waals surface area contributed by atoms with E-state index >= 15 is 0 Å². The minimum atomic E-state index is -4.50. The number of hydrogen-bond acceptors (Lipinski definition) is 3. The number of anilines is 2. The maximum atomic E-state index is 12.8. The molecule has 1 saturated carbocycles. The molecule has 148 valence electrons. The van der Waals surface area contributed by atoms with E-state index in [1.54, 1.807) is 12.1 Å². The standard InChI is InChI=1S/C20H20F3N3O2/c21-20(22,23)14-6-4-8-16(12-14)25-17(27)13-5-3-7-15(11-13)26-18(28)19(24)9-1-2-10-19/h3-8,11-12H,1-2,9-10,24H2,(H,25,27)(H,26,28). The van der Waals surface area contributed by atoms with Crippen LogP contribution in [0.2, 0.25) is 0 Å². The van der Waals surface area contributed by atoms with Gasteiger partial charge in [0, 0.05) is 16.9 Å². The molecule has 1 fully saturated rings. The minimum absolute atomic E-state index is 0.0288. The Balaban J connectivity index is 1.71. The van der Waals surface area contributed by atoms with E-state index in [0.717, 1.165) is 25.0 Å². The number of benzene rings is 2.